The van der Waals surface area contributed by atoms with Crippen molar-refractivity contribution in [1.82, 2.24) is 4.81 Å². The number of nitrogens with zero attached hydrogens (tertiary/aromatic N) is 1. The van der Waals surface area contributed by atoms with Crippen LogP contribution in [0.1, 0.15) is 6.42 Å². The lowest BCUT2D eigenvalue weighted by atomic mass is 9.81. The van der Waals surface area contributed by atoms with Crippen molar-refractivity contribution in [3.63, 3.8) is 0 Å². The van der Waals surface area contributed by atoms with Crippen LogP contribution < -0.4 is 0 Å². The molecule has 2 aliphatic carbocycles. The highest BCUT2D eigenvalue weighted by Gasteiger charge is 2.56. The van der Waals surface area contributed by atoms with Gasteiger partial charge < -0.3 is 14.7 Å². The van der Waals surface area contributed by atoms with Crippen LogP contribution in [0.4, 0.5) is 0 Å². The molecule has 0 aromatic heterocycles. The molecule has 1 radical (unpaired) electrons. The van der Waals surface area contributed by atoms with Crippen molar-refractivity contribution in [2.75, 3.05) is 6.54 Å². The molecule has 2 fully saturated rings. The number of carboxylic acids is 1. The molecule has 3 aliphatic rings. The maximum atomic E-state index is 11.3. The number of carbonyl (C=O) groups is 2. The summed E-state index contributed by atoms with van der Waals surface area (Å²) in [4.78, 5) is 23.5. The number of carbonyl (C=O) groups excluding carboxylic acids is 1. The summed E-state index contributed by atoms with van der Waals surface area (Å²) in [7, 11) is 1.39. The zero-order chi connectivity index (χ0) is 11.3. The van der Waals surface area contributed by atoms with E-state index in [2.05, 4.69) is 12.2 Å². The van der Waals surface area contributed by atoms with E-state index in [0.717, 1.165) is 6.42 Å². The quantitative estimate of drug-likeness (QED) is 0.411. The molecular formula is C11H13BNO3. The van der Waals surface area contributed by atoms with Gasteiger partial charge in [0, 0.05) is 0 Å². The minimum atomic E-state index is -0.799. The SMILES string of the molecule is O=C[B]N1CC2C3C=CC(C3)C2[C@H]1C(=O)O. The number of fused-ring (bicyclic) bond motifs is 5. The standard InChI is InChI=1S/C11H13BNO3/c14-5-12-13-4-8-6-1-2-7(3-6)9(8)10(13)11(15)16/h1-2,5-10H,3-4H2,(H,15,16)/t6?,7?,8?,9?,10-/m0/s1. The average Bonchev–Trinajstić information content (AvgIpc) is 2.85. The topological polar surface area (TPSA) is 57.6 Å². The number of hydrogen-bond acceptors (Lipinski definition) is 3. The van der Waals surface area contributed by atoms with Crippen LogP contribution in [-0.4, -0.2) is 42.1 Å². The van der Waals surface area contributed by atoms with Gasteiger partial charge in [0.15, 0.2) is 0 Å². The minimum absolute atomic E-state index is 0.198. The van der Waals surface area contributed by atoms with E-state index < -0.39 is 12.0 Å². The molecule has 1 heterocycles. The van der Waals surface area contributed by atoms with Crippen molar-refractivity contribution in [1.29, 1.82) is 0 Å². The molecule has 0 amide bonds. The first-order valence-electron chi connectivity index (χ1n) is 5.68. The number of carboxylic acid groups (broad SMARTS) is 1. The van der Waals surface area contributed by atoms with Crippen molar-refractivity contribution in [2.24, 2.45) is 23.7 Å². The summed E-state index contributed by atoms with van der Waals surface area (Å²) < 4.78 is 0. The summed E-state index contributed by atoms with van der Waals surface area (Å²) in [5, 5.41) is 9.28. The molecule has 4 unspecified atom stereocenters. The molecule has 0 aromatic rings. The Bertz CT molecular complexity index is 370. The van der Waals surface area contributed by atoms with Crippen molar-refractivity contribution in [2.45, 2.75) is 12.5 Å². The molecule has 1 saturated carbocycles. The predicted octanol–water partition coefficient (Wildman–Crippen LogP) is 0.00290. The zero-order valence-electron chi connectivity index (χ0n) is 8.82. The van der Waals surface area contributed by atoms with Gasteiger partial charge in [-0.05, 0) is 36.6 Å². The van der Waals surface area contributed by atoms with Gasteiger partial charge in [0.25, 0.3) is 7.41 Å². The normalized spacial score (nSPS) is 44.6. The van der Waals surface area contributed by atoms with Gasteiger partial charge >= 0.3 is 5.97 Å². The summed E-state index contributed by atoms with van der Waals surface area (Å²) in [6.45, 7) is 0.714. The molecule has 4 nitrogen and oxygen atoms in total. The highest BCUT2D eigenvalue weighted by atomic mass is 16.4. The van der Waals surface area contributed by atoms with Crippen LogP contribution in [-0.2, 0) is 9.59 Å². The number of hydrogen-bond donors (Lipinski definition) is 1. The highest BCUT2D eigenvalue weighted by Crippen LogP contribution is 2.53. The third-order valence-corrected chi connectivity index (χ3v) is 4.34. The second kappa shape index (κ2) is 3.45. The van der Waals surface area contributed by atoms with Gasteiger partial charge in [-0.1, -0.05) is 12.2 Å². The third-order valence-electron chi connectivity index (χ3n) is 4.34. The molecule has 1 saturated heterocycles. The monoisotopic (exact) mass is 218 g/mol. The summed E-state index contributed by atoms with van der Waals surface area (Å²) >= 11 is 0. The summed E-state index contributed by atoms with van der Waals surface area (Å²) in [6, 6.07) is -0.504. The highest BCUT2D eigenvalue weighted by molar-refractivity contribution is 6.64. The fraction of sp³-hybridized carbons (Fsp3) is 0.636. The van der Waals surface area contributed by atoms with Crippen LogP contribution in [0, 0.1) is 23.7 Å². The van der Waals surface area contributed by atoms with Crippen LogP contribution in [0.3, 0.4) is 0 Å². The lowest BCUT2D eigenvalue weighted by Gasteiger charge is -2.25. The summed E-state index contributed by atoms with van der Waals surface area (Å²) in [5.41, 5.74) is 0. The lowest BCUT2D eigenvalue weighted by Crippen LogP contribution is -2.43. The number of allylic oxidation sites excluding steroid dienone is 2. The van der Waals surface area contributed by atoms with Gasteiger partial charge in [0.2, 0.25) is 0 Å². The van der Waals surface area contributed by atoms with E-state index in [1.807, 2.05) is 0 Å². The maximum Gasteiger partial charge on any atom is 0.320 e. The first kappa shape index (κ1) is 10.1. The van der Waals surface area contributed by atoms with E-state index in [1.54, 1.807) is 4.81 Å². The molecule has 0 aromatic carbocycles. The van der Waals surface area contributed by atoms with E-state index in [9.17, 15) is 14.7 Å². The van der Waals surface area contributed by atoms with Crippen LogP contribution in [0.15, 0.2) is 12.2 Å². The van der Waals surface area contributed by atoms with E-state index in [-0.39, 0.29) is 5.92 Å². The second-order valence-electron chi connectivity index (χ2n) is 4.95. The van der Waals surface area contributed by atoms with Gasteiger partial charge in [-0.2, -0.15) is 0 Å². The third kappa shape index (κ3) is 1.21. The van der Waals surface area contributed by atoms with Crippen molar-refractivity contribution < 1.29 is 14.7 Å². The Hall–Kier alpha value is -1.10. The summed E-state index contributed by atoms with van der Waals surface area (Å²) in [6.07, 6.45) is 6.17. The van der Waals surface area contributed by atoms with Gasteiger partial charge in [0.1, 0.15) is 6.04 Å². The molecular weight excluding hydrogens is 205 g/mol. The largest absolute Gasteiger partial charge is 0.480 e. The van der Waals surface area contributed by atoms with Gasteiger partial charge in [-0.15, -0.1) is 0 Å². The Morgan fingerprint density at radius 3 is 2.88 bits per heavy atom. The van der Waals surface area contributed by atoms with Crippen LogP contribution in [0.5, 0.6) is 0 Å². The van der Waals surface area contributed by atoms with Crippen LogP contribution >= 0.6 is 0 Å². The van der Waals surface area contributed by atoms with Crippen molar-refractivity contribution in [3.8, 4) is 0 Å². The van der Waals surface area contributed by atoms with E-state index in [4.69, 9.17) is 0 Å². The maximum absolute atomic E-state index is 11.3. The van der Waals surface area contributed by atoms with Crippen LogP contribution in [0.25, 0.3) is 0 Å². The molecule has 5 heteroatoms. The van der Waals surface area contributed by atoms with Gasteiger partial charge in [-0.25, -0.2) is 0 Å². The average molecular weight is 218 g/mol. The zero-order valence-corrected chi connectivity index (χ0v) is 8.82. The molecule has 2 bridgehead atoms. The fourth-order valence-electron chi connectivity index (χ4n) is 3.80. The fourth-order valence-corrected chi connectivity index (χ4v) is 3.80. The molecule has 1 N–H and O–H groups in total. The van der Waals surface area contributed by atoms with Crippen molar-refractivity contribution in [3.05, 3.63) is 12.2 Å². The Kier molecular flexibility index (Phi) is 2.17. The molecule has 5 atom stereocenters. The van der Waals surface area contributed by atoms with E-state index in [1.165, 1.54) is 7.41 Å². The first-order chi connectivity index (χ1) is 7.72. The second-order valence-corrected chi connectivity index (χ2v) is 4.95. The molecule has 0 spiro atoms. The van der Waals surface area contributed by atoms with Crippen LogP contribution in [0.2, 0.25) is 0 Å². The Morgan fingerprint density at radius 2 is 2.19 bits per heavy atom. The van der Waals surface area contributed by atoms with Gasteiger partial charge in [0.05, 0.1) is 6.19 Å². The Labute approximate surface area is 94.6 Å². The molecule has 1 aliphatic heterocycles. The predicted molar refractivity (Wildman–Crippen MR) is 58.4 cm³/mol. The first-order valence-corrected chi connectivity index (χ1v) is 5.68. The smallest absolute Gasteiger partial charge is 0.320 e. The molecule has 3 rings (SSSR count). The Balaban J connectivity index is 1.89. The van der Waals surface area contributed by atoms with Gasteiger partial charge in [-0.3, -0.25) is 4.79 Å². The Morgan fingerprint density at radius 1 is 1.44 bits per heavy atom. The van der Waals surface area contributed by atoms with E-state index in [0.29, 0.717) is 30.5 Å². The number of rotatable bonds is 3. The van der Waals surface area contributed by atoms with E-state index >= 15 is 0 Å². The molecule has 16 heavy (non-hydrogen) atoms. The van der Waals surface area contributed by atoms with Crippen molar-refractivity contribution >= 4 is 19.6 Å². The molecule has 83 valence electrons. The summed E-state index contributed by atoms with van der Waals surface area (Å²) in [5.74, 6) is 0.755. The lowest BCUT2D eigenvalue weighted by molar-refractivity contribution is -0.142. The minimum Gasteiger partial charge on any atom is -0.480 e. The number of aliphatic carboxylic acids is 1.